The van der Waals surface area contributed by atoms with Crippen LogP contribution in [0.1, 0.15) is 68.2 Å². The van der Waals surface area contributed by atoms with Gasteiger partial charge in [-0.1, -0.05) is 44.2 Å². The van der Waals surface area contributed by atoms with E-state index >= 15 is 0 Å². The summed E-state index contributed by atoms with van der Waals surface area (Å²) in [7, 11) is 1.54. The van der Waals surface area contributed by atoms with Crippen LogP contribution in [0, 0.1) is 11.2 Å². The van der Waals surface area contributed by atoms with Crippen LogP contribution in [-0.4, -0.2) is 55.7 Å². The lowest BCUT2D eigenvalue weighted by molar-refractivity contribution is -0.0905. The molecule has 0 bridgehead atoms. The van der Waals surface area contributed by atoms with Gasteiger partial charge in [-0.15, -0.1) is 0 Å². The predicted octanol–water partition coefficient (Wildman–Crippen LogP) is 5.35. The maximum absolute atomic E-state index is 14.0. The number of nitrogens with zero attached hydrogens (tertiary/aromatic N) is 2. The van der Waals surface area contributed by atoms with Crippen LogP contribution in [0.3, 0.4) is 0 Å². The molecular weight excluding hydrogens is 425 g/mol. The molecule has 0 amide bonds. The molecule has 1 N–H and O–H groups in total. The van der Waals surface area contributed by atoms with Gasteiger partial charge in [-0.25, -0.2) is 4.39 Å². The minimum absolute atomic E-state index is 0.294. The molecule has 2 aromatic rings. The molecule has 0 radical (unpaired) electrons. The van der Waals surface area contributed by atoms with Crippen LogP contribution in [-0.2, 0) is 6.54 Å². The van der Waals surface area contributed by atoms with Crippen molar-refractivity contribution >= 4 is 0 Å². The Morgan fingerprint density at radius 2 is 1.88 bits per heavy atom. The average molecular weight is 466 g/mol. The summed E-state index contributed by atoms with van der Waals surface area (Å²) in [5.41, 5.74) is 4.58. The van der Waals surface area contributed by atoms with Crippen LogP contribution < -0.4 is 10.1 Å². The third-order valence-electron chi connectivity index (χ3n) is 8.73. The Balaban J connectivity index is 1.42. The predicted molar refractivity (Wildman–Crippen MR) is 136 cm³/mol. The van der Waals surface area contributed by atoms with E-state index in [0.717, 1.165) is 44.8 Å². The second-order valence-corrected chi connectivity index (χ2v) is 10.9. The number of ether oxygens (including phenoxy) is 1. The molecule has 0 aromatic heterocycles. The van der Waals surface area contributed by atoms with Gasteiger partial charge in [-0.3, -0.25) is 9.80 Å². The molecule has 3 aliphatic rings. The van der Waals surface area contributed by atoms with E-state index in [1.165, 1.54) is 50.0 Å². The summed E-state index contributed by atoms with van der Waals surface area (Å²) in [6, 6.07) is 15.5. The fourth-order valence-electron chi connectivity index (χ4n) is 6.76. The topological polar surface area (TPSA) is 27.7 Å². The highest BCUT2D eigenvalue weighted by Gasteiger charge is 2.51. The van der Waals surface area contributed by atoms with Crippen molar-refractivity contribution in [2.75, 3.05) is 39.8 Å². The fraction of sp³-hybridized carbons (Fsp3) is 0.586. The first-order valence-corrected chi connectivity index (χ1v) is 13.1. The lowest BCUT2D eigenvalue weighted by atomic mass is 9.58. The summed E-state index contributed by atoms with van der Waals surface area (Å²) < 4.78 is 19.2. The van der Waals surface area contributed by atoms with Gasteiger partial charge in [0, 0.05) is 38.3 Å². The van der Waals surface area contributed by atoms with E-state index in [1.807, 2.05) is 12.1 Å². The van der Waals surface area contributed by atoms with Crippen molar-refractivity contribution in [1.29, 1.82) is 0 Å². The summed E-state index contributed by atoms with van der Waals surface area (Å²) >= 11 is 0. The number of halogens is 1. The Labute approximate surface area is 204 Å². The Bertz CT molecular complexity index is 987. The number of hydrogen-bond donors (Lipinski definition) is 1. The molecule has 2 aliphatic heterocycles. The van der Waals surface area contributed by atoms with Gasteiger partial charge >= 0.3 is 0 Å². The zero-order valence-electron chi connectivity index (χ0n) is 21.0. The summed E-state index contributed by atoms with van der Waals surface area (Å²) in [6.45, 7) is 10.9. The molecule has 2 unspecified atom stereocenters. The number of nitrogens with one attached hydrogen (secondary N) is 1. The molecule has 2 atom stereocenters. The van der Waals surface area contributed by atoms with Crippen molar-refractivity contribution < 1.29 is 9.13 Å². The third kappa shape index (κ3) is 4.50. The van der Waals surface area contributed by atoms with Crippen molar-refractivity contribution in [2.24, 2.45) is 5.41 Å². The van der Waals surface area contributed by atoms with E-state index in [-0.39, 0.29) is 5.82 Å². The van der Waals surface area contributed by atoms with Crippen LogP contribution in [0.4, 0.5) is 4.39 Å². The molecule has 4 nitrogen and oxygen atoms in total. The van der Waals surface area contributed by atoms with Crippen LogP contribution in [0.2, 0.25) is 0 Å². The zero-order chi connectivity index (χ0) is 23.7. The number of hydrogen-bond acceptors (Lipinski definition) is 4. The van der Waals surface area contributed by atoms with E-state index in [4.69, 9.17) is 4.74 Å². The molecule has 1 spiro atoms. The minimum Gasteiger partial charge on any atom is -0.494 e. The second-order valence-electron chi connectivity index (χ2n) is 10.9. The molecule has 5 rings (SSSR count). The highest BCUT2D eigenvalue weighted by Crippen LogP contribution is 2.53. The SMILES string of the molecule is COc1cc(CN2CCN(C3CCC34CCNCC4)C(c3ccccc3C(C)C)C2)ccc1F. The quantitative estimate of drug-likeness (QED) is 0.623. The van der Waals surface area contributed by atoms with Gasteiger partial charge in [-0.05, 0) is 78.9 Å². The van der Waals surface area contributed by atoms with Gasteiger partial charge < -0.3 is 10.1 Å². The monoisotopic (exact) mass is 465 g/mol. The first-order valence-electron chi connectivity index (χ1n) is 13.1. The van der Waals surface area contributed by atoms with Crippen molar-refractivity contribution in [3.63, 3.8) is 0 Å². The van der Waals surface area contributed by atoms with Crippen LogP contribution in [0.5, 0.6) is 5.75 Å². The number of piperidine rings is 1. The van der Waals surface area contributed by atoms with E-state index in [0.29, 0.717) is 29.2 Å². The zero-order valence-corrected chi connectivity index (χ0v) is 21.0. The number of methoxy groups -OCH3 is 1. The Morgan fingerprint density at radius 3 is 2.59 bits per heavy atom. The highest BCUT2D eigenvalue weighted by molar-refractivity contribution is 5.34. The second kappa shape index (κ2) is 9.96. The van der Waals surface area contributed by atoms with Crippen molar-refractivity contribution in [3.8, 4) is 5.75 Å². The van der Waals surface area contributed by atoms with E-state index in [9.17, 15) is 4.39 Å². The van der Waals surface area contributed by atoms with Gasteiger partial charge in [0.1, 0.15) is 0 Å². The molecule has 3 fully saturated rings. The molecule has 34 heavy (non-hydrogen) atoms. The normalized spacial score (nSPS) is 25.4. The van der Waals surface area contributed by atoms with Gasteiger partial charge in [-0.2, -0.15) is 0 Å². The molecule has 184 valence electrons. The van der Waals surface area contributed by atoms with E-state index in [2.05, 4.69) is 53.2 Å². The molecule has 2 saturated heterocycles. The largest absolute Gasteiger partial charge is 0.494 e. The first-order chi connectivity index (χ1) is 16.5. The van der Waals surface area contributed by atoms with Crippen LogP contribution in [0.25, 0.3) is 0 Å². The van der Waals surface area contributed by atoms with E-state index < -0.39 is 0 Å². The molecule has 1 aliphatic carbocycles. The standard InChI is InChI=1S/C29H40FN3O/c1-21(2)23-6-4-5-7-24(23)26-20-32(19-22-8-9-25(30)27(18-22)34-3)16-17-33(26)28-10-11-29(28)12-14-31-15-13-29/h4-9,18,21,26,28,31H,10-17,19-20H2,1-3H3. The Hall–Kier alpha value is -1.95. The third-order valence-corrected chi connectivity index (χ3v) is 8.73. The Kier molecular flexibility index (Phi) is 6.97. The smallest absolute Gasteiger partial charge is 0.165 e. The maximum atomic E-state index is 14.0. The summed E-state index contributed by atoms with van der Waals surface area (Å²) in [5.74, 6) is 0.543. The molecular formula is C29H40FN3O. The lowest BCUT2D eigenvalue weighted by Gasteiger charge is -2.60. The lowest BCUT2D eigenvalue weighted by Crippen LogP contribution is -2.63. The van der Waals surface area contributed by atoms with Gasteiger partial charge in [0.05, 0.1) is 7.11 Å². The van der Waals surface area contributed by atoms with Crippen molar-refractivity contribution in [2.45, 2.75) is 64.1 Å². The number of piperazine rings is 1. The van der Waals surface area contributed by atoms with Gasteiger partial charge in [0.2, 0.25) is 0 Å². The van der Waals surface area contributed by atoms with E-state index in [1.54, 1.807) is 0 Å². The maximum Gasteiger partial charge on any atom is 0.165 e. The summed E-state index contributed by atoms with van der Waals surface area (Å²) in [5, 5.41) is 3.58. The average Bonchev–Trinajstić information content (AvgIpc) is 2.86. The van der Waals surface area contributed by atoms with Crippen LogP contribution in [0.15, 0.2) is 42.5 Å². The van der Waals surface area contributed by atoms with Crippen LogP contribution >= 0.6 is 0 Å². The molecule has 5 heteroatoms. The Morgan fingerprint density at radius 1 is 1.09 bits per heavy atom. The summed E-state index contributed by atoms with van der Waals surface area (Å²) in [4.78, 5) is 5.43. The number of rotatable bonds is 6. The van der Waals surface area contributed by atoms with Crippen molar-refractivity contribution in [1.82, 2.24) is 15.1 Å². The summed E-state index contributed by atoms with van der Waals surface area (Å²) in [6.07, 6.45) is 5.33. The number of benzene rings is 2. The fourth-order valence-corrected chi connectivity index (χ4v) is 6.76. The first kappa shape index (κ1) is 23.8. The van der Waals surface area contributed by atoms with Gasteiger partial charge in [0.15, 0.2) is 11.6 Å². The molecule has 1 saturated carbocycles. The minimum atomic E-state index is -0.294. The van der Waals surface area contributed by atoms with Gasteiger partial charge in [0.25, 0.3) is 0 Å². The highest BCUT2D eigenvalue weighted by atomic mass is 19.1. The van der Waals surface area contributed by atoms with Crippen molar-refractivity contribution in [3.05, 3.63) is 65.0 Å². The molecule has 2 heterocycles. The molecule has 2 aromatic carbocycles.